The SMILES string of the molecule is CCOC(=O)NC1CCN(c2cc(=O)n(-c3ccc(C(F)(F)F)cc3)c(C3=CC[C@](C)(Cl)C=C3F)n2)CC1. The molecule has 0 unspecified atom stereocenters. The van der Waals surface area contributed by atoms with Crippen LogP contribution in [0.25, 0.3) is 11.3 Å². The predicted octanol–water partition coefficient (Wildman–Crippen LogP) is 5.60. The number of alkyl halides is 4. The van der Waals surface area contributed by atoms with Gasteiger partial charge in [-0.3, -0.25) is 9.36 Å². The highest BCUT2D eigenvalue weighted by molar-refractivity contribution is 6.25. The van der Waals surface area contributed by atoms with Gasteiger partial charge in [0.25, 0.3) is 5.56 Å². The highest BCUT2D eigenvalue weighted by atomic mass is 35.5. The number of hydrogen-bond acceptors (Lipinski definition) is 5. The Morgan fingerprint density at radius 1 is 1.24 bits per heavy atom. The first-order chi connectivity index (χ1) is 17.9. The molecule has 0 spiro atoms. The molecule has 38 heavy (non-hydrogen) atoms. The van der Waals surface area contributed by atoms with Gasteiger partial charge >= 0.3 is 12.3 Å². The van der Waals surface area contributed by atoms with Gasteiger partial charge in [0, 0.05) is 30.8 Å². The fraction of sp³-hybridized carbons (Fsp3) is 0.423. The zero-order chi connectivity index (χ0) is 27.7. The van der Waals surface area contributed by atoms with Crippen molar-refractivity contribution in [1.29, 1.82) is 0 Å². The van der Waals surface area contributed by atoms with E-state index in [1.165, 1.54) is 18.2 Å². The number of nitrogens with one attached hydrogen (secondary N) is 1. The van der Waals surface area contributed by atoms with Crippen LogP contribution in [0.2, 0.25) is 0 Å². The Kier molecular flexibility index (Phi) is 7.87. The van der Waals surface area contributed by atoms with E-state index in [1.807, 2.05) is 4.90 Å². The van der Waals surface area contributed by atoms with Crippen LogP contribution >= 0.6 is 11.6 Å². The molecule has 1 aromatic heterocycles. The number of rotatable bonds is 5. The Balaban J connectivity index is 1.70. The van der Waals surface area contributed by atoms with Gasteiger partial charge in [0.1, 0.15) is 11.6 Å². The first-order valence-electron chi connectivity index (χ1n) is 12.2. The molecule has 12 heteroatoms. The number of hydrogen-bond donors (Lipinski definition) is 1. The molecule has 2 heterocycles. The largest absolute Gasteiger partial charge is 0.450 e. The van der Waals surface area contributed by atoms with Gasteiger partial charge in [-0.25, -0.2) is 14.2 Å². The van der Waals surface area contributed by atoms with Crippen molar-refractivity contribution >= 4 is 29.1 Å². The highest BCUT2D eigenvalue weighted by Crippen LogP contribution is 2.37. The molecule has 1 N–H and O–H groups in total. The van der Waals surface area contributed by atoms with Gasteiger partial charge in [0.2, 0.25) is 0 Å². The number of carbonyl (C=O) groups is 1. The summed E-state index contributed by atoms with van der Waals surface area (Å²) in [5.41, 5.74) is -1.31. The minimum atomic E-state index is -4.55. The van der Waals surface area contributed by atoms with Gasteiger partial charge in [-0.05, 0) is 63.5 Å². The number of ether oxygens (including phenoxy) is 1. The van der Waals surface area contributed by atoms with Crippen LogP contribution in [0.4, 0.5) is 28.2 Å². The van der Waals surface area contributed by atoms with Crippen LogP contribution in [0.5, 0.6) is 0 Å². The second-order valence-electron chi connectivity index (χ2n) is 9.37. The quantitative estimate of drug-likeness (QED) is 0.384. The van der Waals surface area contributed by atoms with E-state index >= 15 is 4.39 Å². The Hall–Kier alpha value is -3.34. The molecule has 0 saturated carbocycles. The second-order valence-corrected chi connectivity index (χ2v) is 10.2. The molecule has 2 aliphatic rings. The normalized spacial score (nSPS) is 20.6. The highest BCUT2D eigenvalue weighted by Gasteiger charge is 2.31. The van der Waals surface area contributed by atoms with Gasteiger partial charge in [-0.1, -0.05) is 6.08 Å². The minimum absolute atomic E-state index is 0.0286. The van der Waals surface area contributed by atoms with E-state index in [0.29, 0.717) is 31.7 Å². The lowest BCUT2D eigenvalue weighted by molar-refractivity contribution is -0.137. The zero-order valence-electron chi connectivity index (χ0n) is 20.8. The van der Waals surface area contributed by atoms with Gasteiger partial charge in [-0.2, -0.15) is 13.2 Å². The van der Waals surface area contributed by atoms with Gasteiger partial charge in [0.15, 0.2) is 5.82 Å². The van der Waals surface area contributed by atoms with Crippen molar-refractivity contribution in [2.75, 3.05) is 24.6 Å². The number of amides is 1. The maximum atomic E-state index is 15.2. The fourth-order valence-corrected chi connectivity index (χ4v) is 4.63. The van der Waals surface area contributed by atoms with Crippen molar-refractivity contribution in [3.8, 4) is 5.69 Å². The van der Waals surface area contributed by atoms with Crippen LogP contribution in [0.3, 0.4) is 0 Å². The Bertz CT molecular complexity index is 1310. The van der Waals surface area contributed by atoms with E-state index in [2.05, 4.69) is 10.3 Å². The molecule has 1 aliphatic heterocycles. The molecule has 1 atom stereocenters. The maximum absolute atomic E-state index is 15.2. The van der Waals surface area contributed by atoms with Crippen LogP contribution in [0.15, 0.2) is 53.1 Å². The molecule has 204 valence electrons. The summed E-state index contributed by atoms with van der Waals surface area (Å²) in [5.74, 6) is -0.425. The number of alkyl carbamates (subject to hydrolysis) is 1. The third-order valence-corrected chi connectivity index (χ3v) is 6.67. The van der Waals surface area contributed by atoms with E-state index < -0.39 is 34.1 Å². The third kappa shape index (κ3) is 6.20. The summed E-state index contributed by atoms with van der Waals surface area (Å²) in [7, 11) is 0. The number of halogens is 5. The summed E-state index contributed by atoms with van der Waals surface area (Å²) in [4.78, 5) is 30.6. The smallest absolute Gasteiger partial charge is 0.416 e. The molecule has 1 fully saturated rings. The van der Waals surface area contributed by atoms with Crippen LogP contribution in [0.1, 0.15) is 44.5 Å². The number of anilines is 1. The molecule has 1 aromatic carbocycles. The molecular weight excluding hydrogens is 528 g/mol. The molecule has 1 amide bonds. The van der Waals surface area contributed by atoms with Crippen molar-refractivity contribution in [2.24, 2.45) is 0 Å². The minimum Gasteiger partial charge on any atom is -0.450 e. The lowest BCUT2D eigenvalue weighted by atomic mass is 9.96. The number of piperidine rings is 1. The number of nitrogens with zero attached hydrogens (tertiary/aromatic N) is 3. The maximum Gasteiger partial charge on any atom is 0.416 e. The molecule has 4 rings (SSSR count). The van der Waals surface area contributed by atoms with Crippen molar-refractivity contribution in [3.63, 3.8) is 0 Å². The number of allylic oxidation sites excluding steroid dienone is 4. The molecule has 7 nitrogen and oxygen atoms in total. The molecule has 0 bridgehead atoms. The standard InChI is InChI=1S/C26H27ClF4N4O3/c1-3-38-24(37)32-17-9-12-34(13-10-17)21-14-22(36)35(18-6-4-16(5-7-18)26(29,30)31)23(33-21)19-8-11-25(2,27)15-20(19)28/h4-8,14-15,17H,3,9-13H2,1-2H3,(H,32,37)/t25-/m0/s1. The van der Waals surface area contributed by atoms with E-state index in [-0.39, 0.29) is 36.2 Å². The summed E-state index contributed by atoms with van der Waals surface area (Å²) in [6.07, 6.45) is -0.887. The van der Waals surface area contributed by atoms with E-state index in [9.17, 15) is 22.8 Å². The summed E-state index contributed by atoms with van der Waals surface area (Å²) in [6.45, 7) is 4.54. The first-order valence-corrected chi connectivity index (χ1v) is 12.5. The van der Waals surface area contributed by atoms with E-state index in [4.69, 9.17) is 16.3 Å². The monoisotopic (exact) mass is 554 g/mol. The molecule has 2 aromatic rings. The van der Waals surface area contributed by atoms with Crippen LogP contribution in [0, 0.1) is 0 Å². The van der Waals surface area contributed by atoms with Gasteiger partial charge < -0.3 is 15.0 Å². The Labute approximate surface area is 221 Å². The number of aromatic nitrogens is 2. The molecule has 1 aliphatic carbocycles. The Morgan fingerprint density at radius 2 is 1.89 bits per heavy atom. The summed E-state index contributed by atoms with van der Waals surface area (Å²) in [5, 5.41) is 2.79. The topological polar surface area (TPSA) is 76.5 Å². The van der Waals surface area contributed by atoms with Crippen LogP contribution in [-0.4, -0.2) is 46.3 Å². The first kappa shape index (κ1) is 27.7. The van der Waals surface area contributed by atoms with Gasteiger partial charge in [-0.15, -0.1) is 11.6 Å². The second kappa shape index (κ2) is 10.8. The summed E-state index contributed by atoms with van der Waals surface area (Å²) >= 11 is 6.29. The Morgan fingerprint density at radius 3 is 2.47 bits per heavy atom. The van der Waals surface area contributed by atoms with Gasteiger partial charge in [0.05, 0.1) is 22.7 Å². The van der Waals surface area contributed by atoms with Crippen molar-refractivity contribution in [1.82, 2.24) is 14.9 Å². The molecule has 0 radical (unpaired) electrons. The van der Waals surface area contributed by atoms with Crippen LogP contribution < -0.4 is 15.8 Å². The third-order valence-electron chi connectivity index (χ3n) is 6.41. The predicted molar refractivity (Wildman–Crippen MR) is 136 cm³/mol. The van der Waals surface area contributed by atoms with Crippen molar-refractivity contribution in [3.05, 3.63) is 70.1 Å². The number of carbonyl (C=O) groups excluding carboxylic acids is 1. The van der Waals surface area contributed by atoms with Crippen molar-refractivity contribution in [2.45, 2.75) is 50.2 Å². The van der Waals surface area contributed by atoms with Crippen LogP contribution in [-0.2, 0) is 10.9 Å². The zero-order valence-corrected chi connectivity index (χ0v) is 21.6. The average Bonchev–Trinajstić information content (AvgIpc) is 2.83. The fourth-order valence-electron chi connectivity index (χ4n) is 4.45. The van der Waals surface area contributed by atoms with E-state index in [1.54, 1.807) is 13.8 Å². The van der Waals surface area contributed by atoms with E-state index in [0.717, 1.165) is 28.8 Å². The summed E-state index contributed by atoms with van der Waals surface area (Å²) in [6, 6.07) is 5.18. The molecular formula is C26H27ClF4N4O3. The lowest BCUT2D eigenvalue weighted by Crippen LogP contribution is -2.45. The van der Waals surface area contributed by atoms with Crippen molar-refractivity contribution < 1.29 is 27.1 Å². The summed E-state index contributed by atoms with van der Waals surface area (Å²) < 4.78 is 60.5. The number of benzene rings is 1. The molecule has 1 saturated heterocycles. The lowest BCUT2D eigenvalue weighted by Gasteiger charge is -2.33. The average molecular weight is 555 g/mol.